The van der Waals surface area contributed by atoms with Gasteiger partial charge in [-0.05, 0) is 97.9 Å². The van der Waals surface area contributed by atoms with Crippen LogP contribution in [0.4, 0.5) is 0 Å². The van der Waals surface area contributed by atoms with Gasteiger partial charge in [-0.25, -0.2) is 0 Å². The molecule has 4 rings (SSSR count). The predicted octanol–water partition coefficient (Wildman–Crippen LogP) is 6.28. The van der Waals surface area contributed by atoms with E-state index in [1.807, 2.05) is 0 Å². The van der Waals surface area contributed by atoms with Crippen LogP contribution in [0.25, 0.3) is 12.2 Å². The number of hydrogen-bond donors (Lipinski definition) is 0. The van der Waals surface area contributed by atoms with Crippen LogP contribution in [0.2, 0.25) is 0 Å². The summed E-state index contributed by atoms with van der Waals surface area (Å²) < 4.78 is 0. The Hall–Kier alpha value is -2.08. The Labute approximate surface area is 145 Å². The molecule has 0 heteroatoms. The molecule has 0 nitrogen and oxygen atoms in total. The highest BCUT2D eigenvalue weighted by Crippen LogP contribution is 2.34. The molecule has 2 aromatic carbocycles. The Morgan fingerprint density at radius 2 is 0.958 bits per heavy atom. The largest absolute Gasteiger partial charge is 0.0649 e. The first-order valence-electron chi connectivity index (χ1n) is 9.09. The Morgan fingerprint density at radius 3 is 1.38 bits per heavy atom. The van der Waals surface area contributed by atoms with Crippen LogP contribution in [0.3, 0.4) is 0 Å². The Balaban J connectivity index is 1.44. The first kappa shape index (κ1) is 15.4. The van der Waals surface area contributed by atoms with Crippen molar-refractivity contribution < 1.29 is 0 Å². The van der Waals surface area contributed by atoms with Gasteiger partial charge >= 0.3 is 0 Å². The van der Waals surface area contributed by atoms with Crippen LogP contribution >= 0.6 is 0 Å². The third kappa shape index (κ3) is 2.75. The molecule has 122 valence electrons. The molecule has 0 radical (unpaired) electrons. The van der Waals surface area contributed by atoms with Gasteiger partial charge in [0.05, 0.1) is 0 Å². The van der Waals surface area contributed by atoms with Crippen LogP contribution in [0.5, 0.6) is 0 Å². The Bertz CT molecular complexity index is 815. The zero-order valence-electron chi connectivity index (χ0n) is 15.3. The summed E-state index contributed by atoms with van der Waals surface area (Å²) in [6, 6.07) is 9.47. The first-order valence-corrected chi connectivity index (χ1v) is 9.09. The van der Waals surface area contributed by atoms with E-state index >= 15 is 0 Å². The lowest BCUT2D eigenvalue weighted by molar-refractivity contribution is 0.886. The summed E-state index contributed by atoms with van der Waals surface area (Å²) in [5, 5.41) is 0. The second-order valence-electron chi connectivity index (χ2n) is 7.73. The number of aryl methyl sites for hydroxylation is 4. The van der Waals surface area contributed by atoms with Crippen molar-refractivity contribution >= 4 is 12.2 Å². The highest BCUT2D eigenvalue weighted by Gasteiger charge is 2.17. The van der Waals surface area contributed by atoms with E-state index < -0.39 is 0 Å². The summed E-state index contributed by atoms with van der Waals surface area (Å²) in [5.74, 6) is 0. The minimum atomic E-state index is 1.15. The van der Waals surface area contributed by atoms with Crippen molar-refractivity contribution in [2.24, 2.45) is 0 Å². The van der Waals surface area contributed by atoms with Crippen molar-refractivity contribution in [3.63, 3.8) is 0 Å². The van der Waals surface area contributed by atoms with E-state index in [4.69, 9.17) is 0 Å². The molecule has 0 saturated heterocycles. The van der Waals surface area contributed by atoms with E-state index in [1.165, 1.54) is 57.3 Å². The maximum atomic E-state index is 2.43. The number of allylic oxidation sites excluding steroid dienone is 2. The molecule has 0 atom stereocenters. The monoisotopic (exact) mass is 314 g/mol. The highest BCUT2D eigenvalue weighted by atomic mass is 14.2. The van der Waals surface area contributed by atoms with Gasteiger partial charge in [0.1, 0.15) is 0 Å². The molecule has 0 heterocycles. The lowest BCUT2D eigenvalue weighted by atomic mass is 9.99. The molecule has 24 heavy (non-hydrogen) atoms. The average Bonchev–Trinajstić information content (AvgIpc) is 3.09. The minimum Gasteiger partial charge on any atom is -0.0649 e. The van der Waals surface area contributed by atoms with Crippen LogP contribution < -0.4 is 0 Å². The highest BCUT2D eigenvalue weighted by molar-refractivity contribution is 5.67. The second-order valence-corrected chi connectivity index (χ2v) is 7.73. The molecule has 2 aliphatic carbocycles. The van der Waals surface area contributed by atoms with Crippen molar-refractivity contribution in [1.82, 2.24) is 0 Å². The third-order valence-corrected chi connectivity index (χ3v) is 5.83. The molecular formula is C24H26. The molecule has 0 saturated carbocycles. The number of fused-ring (bicyclic) bond motifs is 2. The molecule has 0 aromatic heterocycles. The van der Waals surface area contributed by atoms with E-state index in [9.17, 15) is 0 Å². The maximum absolute atomic E-state index is 2.43. The topological polar surface area (TPSA) is 0 Å². The minimum absolute atomic E-state index is 1.15. The van der Waals surface area contributed by atoms with Crippen LogP contribution in [0.1, 0.15) is 57.3 Å². The van der Waals surface area contributed by atoms with Crippen LogP contribution in [-0.4, -0.2) is 0 Å². The zero-order valence-corrected chi connectivity index (χ0v) is 15.3. The Kier molecular flexibility index (Phi) is 3.72. The molecule has 0 fully saturated rings. The fraction of sp³-hybridized carbons (Fsp3) is 0.333. The normalized spacial score (nSPS) is 15.2. The fourth-order valence-corrected chi connectivity index (χ4v) is 4.04. The fourth-order valence-electron chi connectivity index (χ4n) is 4.04. The summed E-state index contributed by atoms with van der Waals surface area (Å²) in [5.41, 5.74) is 14.8. The van der Waals surface area contributed by atoms with E-state index in [0.717, 1.165) is 12.8 Å². The maximum Gasteiger partial charge on any atom is -0.00576 e. The van der Waals surface area contributed by atoms with Crippen LogP contribution in [0, 0.1) is 27.7 Å². The van der Waals surface area contributed by atoms with Crippen molar-refractivity contribution in [3.05, 3.63) is 79.9 Å². The van der Waals surface area contributed by atoms with Crippen molar-refractivity contribution in [1.29, 1.82) is 0 Å². The number of hydrogen-bond acceptors (Lipinski definition) is 0. The van der Waals surface area contributed by atoms with Gasteiger partial charge in [0, 0.05) is 0 Å². The molecule has 0 amide bonds. The van der Waals surface area contributed by atoms with Gasteiger partial charge < -0.3 is 0 Å². The number of rotatable bonds is 3. The standard InChI is InChI=1S/C24H26/c1-15-7-21-11-19(12-22(21)8-16(15)2)5-6-20-13-23-9-17(3)18(4)10-24(23)14-20/h7-11,13H,5-6,12,14H2,1-4H3. The second kappa shape index (κ2) is 5.77. The lowest BCUT2D eigenvalue weighted by Gasteiger charge is -2.06. The summed E-state index contributed by atoms with van der Waals surface area (Å²) in [4.78, 5) is 0. The molecule has 0 N–H and O–H groups in total. The van der Waals surface area contributed by atoms with Crippen LogP contribution in [-0.2, 0) is 12.8 Å². The smallest absolute Gasteiger partial charge is 0.00576 e. The predicted molar refractivity (Wildman–Crippen MR) is 104 cm³/mol. The van der Waals surface area contributed by atoms with Gasteiger partial charge in [-0.15, -0.1) is 0 Å². The molecule has 0 aliphatic heterocycles. The summed E-state index contributed by atoms with van der Waals surface area (Å²) in [6.07, 6.45) is 9.55. The molecule has 0 bridgehead atoms. The van der Waals surface area contributed by atoms with Gasteiger partial charge in [-0.1, -0.05) is 47.6 Å². The SMILES string of the molecule is Cc1cc2c(cc1C)CC(CCC1=Cc3cc(C)c(C)cc3C1)=C2. The van der Waals surface area contributed by atoms with Crippen molar-refractivity contribution in [3.8, 4) is 0 Å². The van der Waals surface area contributed by atoms with E-state index in [2.05, 4.69) is 64.1 Å². The number of benzene rings is 2. The van der Waals surface area contributed by atoms with Gasteiger partial charge in [0.15, 0.2) is 0 Å². The van der Waals surface area contributed by atoms with Gasteiger partial charge in [-0.3, -0.25) is 0 Å². The van der Waals surface area contributed by atoms with Crippen LogP contribution in [0.15, 0.2) is 35.4 Å². The summed E-state index contributed by atoms with van der Waals surface area (Å²) in [7, 11) is 0. The zero-order chi connectivity index (χ0) is 16.8. The summed E-state index contributed by atoms with van der Waals surface area (Å²) in [6.45, 7) is 8.87. The lowest BCUT2D eigenvalue weighted by Crippen LogP contribution is -1.91. The first-order chi connectivity index (χ1) is 11.5. The van der Waals surface area contributed by atoms with Crippen molar-refractivity contribution in [2.45, 2.75) is 53.4 Å². The quantitative estimate of drug-likeness (QED) is 0.625. The average molecular weight is 314 g/mol. The molecular weight excluding hydrogens is 288 g/mol. The van der Waals surface area contributed by atoms with Gasteiger partial charge in [0.2, 0.25) is 0 Å². The molecule has 0 spiro atoms. The van der Waals surface area contributed by atoms with Gasteiger partial charge in [-0.2, -0.15) is 0 Å². The van der Waals surface area contributed by atoms with E-state index in [1.54, 1.807) is 11.1 Å². The third-order valence-electron chi connectivity index (χ3n) is 5.83. The molecule has 2 aliphatic rings. The molecule has 0 unspecified atom stereocenters. The van der Waals surface area contributed by atoms with Gasteiger partial charge in [0.25, 0.3) is 0 Å². The van der Waals surface area contributed by atoms with Crippen molar-refractivity contribution in [2.75, 3.05) is 0 Å². The van der Waals surface area contributed by atoms with E-state index in [0.29, 0.717) is 0 Å². The Morgan fingerprint density at radius 1 is 0.583 bits per heavy atom. The van der Waals surface area contributed by atoms with E-state index in [-0.39, 0.29) is 0 Å². The summed E-state index contributed by atoms with van der Waals surface area (Å²) >= 11 is 0. The molecule has 2 aromatic rings.